The number of nitrogen functional groups attached to an aromatic ring is 1. The van der Waals surface area contributed by atoms with E-state index in [1.165, 1.54) is 0 Å². The average molecular weight is 245 g/mol. The van der Waals surface area contributed by atoms with Crippen LogP contribution in [0.2, 0.25) is 5.02 Å². The number of nitrogens with two attached hydrogens (primary N) is 1. The van der Waals surface area contributed by atoms with Crippen LogP contribution in [0, 0.1) is 0 Å². The lowest BCUT2D eigenvalue weighted by Crippen LogP contribution is -2.38. The Morgan fingerprint density at radius 3 is 2.60 bits per heavy atom. The number of nitrogens with zero attached hydrogens (tertiary/aromatic N) is 1. The standard InChI is InChI=1S/C10H13ClN2OS/c11-8-2-1-3-9(12)10(8)13-4-6-15(14)7-5-13/h1-3H,4-7,12H2. The predicted molar refractivity (Wildman–Crippen MR) is 66.0 cm³/mol. The Labute approximate surface area is 96.7 Å². The van der Waals surface area contributed by atoms with E-state index >= 15 is 0 Å². The number of halogens is 1. The first-order valence-electron chi connectivity index (χ1n) is 4.82. The van der Waals surface area contributed by atoms with E-state index in [9.17, 15) is 4.21 Å². The van der Waals surface area contributed by atoms with Gasteiger partial charge in [-0.2, -0.15) is 0 Å². The molecule has 0 unspecified atom stereocenters. The van der Waals surface area contributed by atoms with Crippen LogP contribution < -0.4 is 10.6 Å². The smallest absolute Gasteiger partial charge is 0.0789 e. The first-order valence-corrected chi connectivity index (χ1v) is 6.69. The van der Waals surface area contributed by atoms with E-state index in [4.69, 9.17) is 17.3 Å². The molecule has 5 heteroatoms. The minimum Gasteiger partial charge on any atom is -0.397 e. The van der Waals surface area contributed by atoms with Gasteiger partial charge in [0.1, 0.15) is 0 Å². The van der Waals surface area contributed by atoms with Gasteiger partial charge >= 0.3 is 0 Å². The fourth-order valence-corrected chi connectivity index (χ4v) is 3.08. The normalized spacial score (nSPS) is 18.1. The average Bonchev–Trinajstić information content (AvgIpc) is 2.20. The van der Waals surface area contributed by atoms with Crippen molar-refractivity contribution in [1.29, 1.82) is 0 Å². The summed E-state index contributed by atoms with van der Waals surface area (Å²) in [5, 5.41) is 0.669. The van der Waals surface area contributed by atoms with E-state index in [1.807, 2.05) is 18.2 Å². The molecule has 1 fully saturated rings. The maximum atomic E-state index is 11.2. The maximum Gasteiger partial charge on any atom is 0.0789 e. The van der Waals surface area contributed by atoms with E-state index in [0.29, 0.717) is 22.2 Å². The third-order valence-electron chi connectivity index (χ3n) is 2.51. The van der Waals surface area contributed by atoms with Crippen LogP contribution in [0.15, 0.2) is 18.2 Å². The summed E-state index contributed by atoms with van der Waals surface area (Å²) < 4.78 is 11.2. The Bertz CT molecular complexity index is 367. The summed E-state index contributed by atoms with van der Waals surface area (Å²) >= 11 is 6.10. The molecule has 1 saturated heterocycles. The van der Waals surface area contributed by atoms with Crippen LogP contribution in [-0.2, 0) is 10.8 Å². The van der Waals surface area contributed by atoms with Crippen LogP contribution in [-0.4, -0.2) is 28.8 Å². The van der Waals surface area contributed by atoms with Crippen molar-refractivity contribution in [3.8, 4) is 0 Å². The molecule has 0 bridgehead atoms. The second-order valence-corrected chi connectivity index (χ2v) is 5.62. The van der Waals surface area contributed by atoms with Gasteiger partial charge in [0, 0.05) is 35.4 Å². The van der Waals surface area contributed by atoms with Gasteiger partial charge in [0.15, 0.2) is 0 Å². The van der Waals surface area contributed by atoms with Gasteiger partial charge in [-0.1, -0.05) is 17.7 Å². The quantitative estimate of drug-likeness (QED) is 0.762. The number of hydrogen-bond acceptors (Lipinski definition) is 3. The second-order valence-electron chi connectivity index (χ2n) is 3.51. The fraction of sp³-hybridized carbons (Fsp3) is 0.400. The summed E-state index contributed by atoms with van der Waals surface area (Å²) in [7, 11) is -0.673. The van der Waals surface area contributed by atoms with Gasteiger partial charge in [0.25, 0.3) is 0 Å². The molecule has 0 aliphatic carbocycles. The highest BCUT2D eigenvalue weighted by molar-refractivity contribution is 7.85. The molecule has 0 aromatic heterocycles. The van der Waals surface area contributed by atoms with Crippen molar-refractivity contribution in [2.24, 2.45) is 0 Å². The SMILES string of the molecule is Nc1cccc(Cl)c1N1CCS(=O)CC1. The lowest BCUT2D eigenvalue weighted by atomic mass is 10.2. The summed E-state index contributed by atoms with van der Waals surface area (Å²) in [4.78, 5) is 2.11. The van der Waals surface area contributed by atoms with Crippen LogP contribution in [0.3, 0.4) is 0 Å². The molecule has 0 amide bonds. The number of para-hydroxylation sites is 1. The van der Waals surface area contributed by atoms with Gasteiger partial charge in [0.05, 0.1) is 16.4 Å². The molecule has 3 nitrogen and oxygen atoms in total. The van der Waals surface area contributed by atoms with Crippen molar-refractivity contribution in [2.45, 2.75) is 0 Å². The molecule has 0 atom stereocenters. The molecule has 0 radical (unpaired) electrons. The zero-order valence-corrected chi connectivity index (χ0v) is 9.85. The minimum absolute atomic E-state index is 0.669. The molecule has 2 rings (SSSR count). The number of hydrogen-bond donors (Lipinski definition) is 1. The Balaban J connectivity index is 2.26. The first kappa shape index (κ1) is 10.8. The topological polar surface area (TPSA) is 46.3 Å². The third-order valence-corrected chi connectivity index (χ3v) is 4.09. The summed E-state index contributed by atoms with van der Waals surface area (Å²) in [6.07, 6.45) is 0. The van der Waals surface area contributed by atoms with Crippen molar-refractivity contribution in [3.05, 3.63) is 23.2 Å². The lowest BCUT2D eigenvalue weighted by Gasteiger charge is -2.30. The zero-order valence-electron chi connectivity index (χ0n) is 8.28. The van der Waals surface area contributed by atoms with Crippen molar-refractivity contribution in [3.63, 3.8) is 0 Å². The third kappa shape index (κ3) is 2.26. The number of rotatable bonds is 1. The van der Waals surface area contributed by atoms with E-state index in [-0.39, 0.29) is 0 Å². The number of anilines is 2. The predicted octanol–water partition coefficient (Wildman–Crippen LogP) is 1.49. The van der Waals surface area contributed by atoms with Crippen LogP contribution >= 0.6 is 11.6 Å². The molecule has 2 N–H and O–H groups in total. The molecular weight excluding hydrogens is 232 g/mol. The molecule has 1 aromatic carbocycles. The van der Waals surface area contributed by atoms with Crippen molar-refractivity contribution in [2.75, 3.05) is 35.2 Å². The largest absolute Gasteiger partial charge is 0.397 e. The van der Waals surface area contributed by atoms with Crippen molar-refractivity contribution < 1.29 is 4.21 Å². The summed E-state index contributed by atoms with van der Waals surface area (Å²) in [6, 6.07) is 5.51. The molecule has 0 saturated carbocycles. The molecule has 1 heterocycles. The van der Waals surface area contributed by atoms with E-state index < -0.39 is 10.8 Å². The van der Waals surface area contributed by atoms with Crippen LogP contribution in [0.5, 0.6) is 0 Å². The van der Waals surface area contributed by atoms with E-state index in [0.717, 1.165) is 18.8 Å². The second kappa shape index (κ2) is 4.41. The molecule has 82 valence electrons. The Hall–Kier alpha value is -0.740. The molecule has 15 heavy (non-hydrogen) atoms. The first-order chi connectivity index (χ1) is 7.18. The van der Waals surface area contributed by atoms with Gasteiger partial charge < -0.3 is 10.6 Å². The monoisotopic (exact) mass is 244 g/mol. The van der Waals surface area contributed by atoms with Gasteiger partial charge in [0.2, 0.25) is 0 Å². The van der Waals surface area contributed by atoms with Gasteiger partial charge in [-0.05, 0) is 12.1 Å². The van der Waals surface area contributed by atoms with Crippen LogP contribution in [0.25, 0.3) is 0 Å². The zero-order chi connectivity index (χ0) is 10.8. The van der Waals surface area contributed by atoms with Gasteiger partial charge in [-0.25, -0.2) is 0 Å². The minimum atomic E-state index is -0.673. The van der Waals surface area contributed by atoms with Gasteiger partial charge in [-0.15, -0.1) is 0 Å². The highest BCUT2D eigenvalue weighted by Crippen LogP contribution is 2.32. The van der Waals surface area contributed by atoms with Crippen molar-refractivity contribution >= 4 is 33.8 Å². The van der Waals surface area contributed by atoms with E-state index in [1.54, 1.807) is 0 Å². The molecule has 1 aromatic rings. The van der Waals surface area contributed by atoms with Crippen LogP contribution in [0.4, 0.5) is 11.4 Å². The molecule has 1 aliphatic heterocycles. The Morgan fingerprint density at radius 1 is 1.33 bits per heavy atom. The summed E-state index contributed by atoms with van der Waals surface area (Å²) in [6.45, 7) is 1.53. The maximum absolute atomic E-state index is 11.2. The summed E-state index contributed by atoms with van der Waals surface area (Å²) in [5.41, 5.74) is 7.46. The fourth-order valence-electron chi connectivity index (χ4n) is 1.73. The van der Waals surface area contributed by atoms with Crippen molar-refractivity contribution in [1.82, 2.24) is 0 Å². The Morgan fingerprint density at radius 2 is 2.00 bits per heavy atom. The lowest BCUT2D eigenvalue weighted by molar-refractivity contribution is 0.673. The van der Waals surface area contributed by atoms with E-state index in [2.05, 4.69) is 4.90 Å². The number of benzene rings is 1. The highest BCUT2D eigenvalue weighted by atomic mass is 35.5. The molecule has 0 spiro atoms. The molecular formula is C10H13ClN2OS. The van der Waals surface area contributed by atoms with Gasteiger partial charge in [-0.3, -0.25) is 4.21 Å². The van der Waals surface area contributed by atoms with Crippen LogP contribution in [0.1, 0.15) is 0 Å². The molecule has 1 aliphatic rings. The summed E-state index contributed by atoms with van der Waals surface area (Å²) in [5.74, 6) is 1.40. The Kier molecular flexibility index (Phi) is 3.17. The highest BCUT2D eigenvalue weighted by Gasteiger charge is 2.19.